The van der Waals surface area contributed by atoms with E-state index in [-0.39, 0.29) is 11.8 Å². The Morgan fingerprint density at radius 3 is 2.47 bits per heavy atom. The average Bonchev–Trinajstić information content (AvgIpc) is 3.00. The van der Waals surface area contributed by atoms with Crippen LogP contribution in [0.15, 0.2) is 0 Å². The molecular weight excluding hydrogens is 242 g/mol. The number of rotatable bonds is 2. The first-order valence-corrected chi connectivity index (χ1v) is 7.59. The average molecular weight is 265 g/mol. The maximum Gasteiger partial charge on any atom is 0.326 e. The van der Waals surface area contributed by atoms with Crippen molar-refractivity contribution in [2.24, 2.45) is 23.7 Å². The molecule has 1 saturated heterocycles. The monoisotopic (exact) mass is 265 g/mol. The van der Waals surface area contributed by atoms with Crippen LogP contribution in [-0.2, 0) is 9.59 Å². The molecule has 0 aromatic carbocycles. The van der Waals surface area contributed by atoms with Gasteiger partial charge in [-0.3, -0.25) is 4.79 Å². The molecule has 1 N–H and O–H groups in total. The first-order valence-electron chi connectivity index (χ1n) is 7.59. The van der Waals surface area contributed by atoms with E-state index >= 15 is 0 Å². The van der Waals surface area contributed by atoms with Gasteiger partial charge in [0.2, 0.25) is 5.91 Å². The zero-order valence-corrected chi connectivity index (χ0v) is 11.5. The molecule has 4 nitrogen and oxygen atoms in total. The molecule has 3 aliphatic rings. The number of fused-ring (bicyclic) bond motifs is 2. The molecule has 2 saturated carbocycles. The van der Waals surface area contributed by atoms with Crippen molar-refractivity contribution in [3.8, 4) is 0 Å². The maximum atomic E-state index is 12.7. The van der Waals surface area contributed by atoms with Gasteiger partial charge in [0, 0.05) is 12.5 Å². The number of piperidine rings is 1. The quantitative estimate of drug-likeness (QED) is 0.832. The van der Waals surface area contributed by atoms with Crippen molar-refractivity contribution in [1.29, 1.82) is 0 Å². The van der Waals surface area contributed by atoms with Crippen molar-refractivity contribution < 1.29 is 14.7 Å². The highest BCUT2D eigenvalue weighted by Crippen LogP contribution is 2.49. The summed E-state index contributed by atoms with van der Waals surface area (Å²) >= 11 is 0. The first kappa shape index (κ1) is 12.9. The molecule has 0 aromatic heterocycles. The van der Waals surface area contributed by atoms with E-state index in [1.165, 1.54) is 19.3 Å². The normalized spacial score (nSPS) is 41.5. The number of hydrogen-bond acceptors (Lipinski definition) is 2. The number of likely N-dealkylation sites (tertiary alicyclic amines) is 1. The van der Waals surface area contributed by atoms with E-state index in [0.717, 1.165) is 18.8 Å². The third-order valence-corrected chi connectivity index (χ3v) is 5.49. The van der Waals surface area contributed by atoms with Crippen molar-refractivity contribution in [3.63, 3.8) is 0 Å². The van der Waals surface area contributed by atoms with Crippen LogP contribution >= 0.6 is 0 Å². The van der Waals surface area contributed by atoms with Gasteiger partial charge in [0.25, 0.3) is 0 Å². The minimum Gasteiger partial charge on any atom is -0.480 e. The Hall–Kier alpha value is -1.06. The van der Waals surface area contributed by atoms with E-state index in [1.807, 2.05) is 0 Å². The molecule has 3 fully saturated rings. The molecule has 1 amide bonds. The Morgan fingerprint density at radius 1 is 1.11 bits per heavy atom. The van der Waals surface area contributed by atoms with Gasteiger partial charge in [0.05, 0.1) is 0 Å². The summed E-state index contributed by atoms with van der Waals surface area (Å²) in [5.41, 5.74) is 0. The minimum absolute atomic E-state index is 0.119. The molecule has 106 valence electrons. The molecule has 5 atom stereocenters. The fraction of sp³-hybridized carbons (Fsp3) is 0.867. The topological polar surface area (TPSA) is 57.6 Å². The van der Waals surface area contributed by atoms with Crippen LogP contribution in [0.4, 0.5) is 0 Å². The molecule has 2 bridgehead atoms. The highest BCUT2D eigenvalue weighted by molar-refractivity contribution is 5.85. The number of carbonyl (C=O) groups excluding carboxylic acids is 1. The van der Waals surface area contributed by atoms with Crippen LogP contribution in [0.2, 0.25) is 0 Å². The second kappa shape index (κ2) is 4.80. The van der Waals surface area contributed by atoms with Crippen LogP contribution < -0.4 is 0 Å². The largest absolute Gasteiger partial charge is 0.480 e. The number of hydrogen-bond donors (Lipinski definition) is 1. The third kappa shape index (κ3) is 2.26. The molecule has 1 heterocycles. The van der Waals surface area contributed by atoms with Gasteiger partial charge >= 0.3 is 5.97 Å². The van der Waals surface area contributed by atoms with Gasteiger partial charge in [-0.15, -0.1) is 0 Å². The number of carboxylic acid groups (broad SMARTS) is 1. The summed E-state index contributed by atoms with van der Waals surface area (Å²) in [5, 5.41) is 9.36. The SMILES string of the molecule is CC1CCN(C(=O)C2CC3CCC2C3)C(C(=O)O)C1. The molecular formula is C15H23NO3. The van der Waals surface area contributed by atoms with Gasteiger partial charge in [-0.25, -0.2) is 4.79 Å². The van der Waals surface area contributed by atoms with Gasteiger partial charge in [-0.05, 0) is 49.9 Å². The Labute approximate surface area is 114 Å². The number of amides is 1. The van der Waals surface area contributed by atoms with E-state index in [9.17, 15) is 14.7 Å². The van der Waals surface area contributed by atoms with E-state index in [0.29, 0.717) is 24.8 Å². The highest BCUT2D eigenvalue weighted by atomic mass is 16.4. The molecule has 0 aromatic rings. The van der Waals surface area contributed by atoms with E-state index < -0.39 is 12.0 Å². The number of carboxylic acids is 1. The maximum absolute atomic E-state index is 12.7. The lowest BCUT2D eigenvalue weighted by atomic mass is 9.85. The van der Waals surface area contributed by atoms with Crippen LogP contribution in [0.1, 0.15) is 45.4 Å². The minimum atomic E-state index is -0.831. The predicted molar refractivity (Wildman–Crippen MR) is 70.5 cm³/mol. The summed E-state index contributed by atoms with van der Waals surface area (Å²) in [6, 6.07) is -0.588. The smallest absolute Gasteiger partial charge is 0.326 e. The van der Waals surface area contributed by atoms with Crippen LogP contribution in [-0.4, -0.2) is 34.5 Å². The van der Waals surface area contributed by atoms with Gasteiger partial charge in [-0.1, -0.05) is 13.3 Å². The molecule has 19 heavy (non-hydrogen) atoms. The summed E-state index contributed by atoms with van der Waals surface area (Å²) in [7, 11) is 0. The zero-order valence-electron chi connectivity index (χ0n) is 11.5. The lowest BCUT2D eigenvalue weighted by Gasteiger charge is -2.38. The van der Waals surface area contributed by atoms with Crippen molar-refractivity contribution in [1.82, 2.24) is 4.90 Å². The fourth-order valence-electron chi connectivity index (χ4n) is 4.40. The van der Waals surface area contributed by atoms with E-state index in [2.05, 4.69) is 6.92 Å². The van der Waals surface area contributed by atoms with Crippen LogP contribution in [0.3, 0.4) is 0 Å². The highest BCUT2D eigenvalue weighted by Gasteiger charge is 2.46. The Balaban J connectivity index is 1.73. The second-order valence-electron chi connectivity index (χ2n) is 6.80. The van der Waals surface area contributed by atoms with Crippen LogP contribution in [0.25, 0.3) is 0 Å². The molecule has 0 spiro atoms. The van der Waals surface area contributed by atoms with Crippen LogP contribution in [0.5, 0.6) is 0 Å². The molecule has 0 radical (unpaired) electrons. The summed E-state index contributed by atoms with van der Waals surface area (Å²) in [6.07, 6.45) is 6.19. The zero-order chi connectivity index (χ0) is 13.6. The number of carbonyl (C=O) groups is 2. The summed E-state index contributed by atoms with van der Waals surface area (Å²) in [4.78, 5) is 25.7. The van der Waals surface area contributed by atoms with Crippen LogP contribution in [0, 0.1) is 23.7 Å². The molecule has 1 aliphatic heterocycles. The molecule has 5 unspecified atom stereocenters. The lowest BCUT2D eigenvalue weighted by Crippen LogP contribution is -2.52. The Morgan fingerprint density at radius 2 is 1.89 bits per heavy atom. The third-order valence-electron chi connectivity index (χ3n) is 5.49. The lowest BCUT2D eigenvalue weighted by molar-refractivity contribution is -0.155. The van der Waals surface area contributed by atoms with Gasteiger partial charge in [0.15, 0.2) is 0 Å². The van der Waals surface area contributed by atoms with Crippen molar-refractivity contribution in [2.45, 2.75) is 51.5 Å². The van der Waals surface area contributed by atoms with E-state index in [4.69, 9.17) is 0 Å². The standard InChI is InChI=1S/C15H23NO3/c1-9-4-5-16(13(6-9)15(18)19)14(17)12-8-10-2-3-11(12)7-10/h9-13H,2-8H2,1H3,(H,18,19). The fourth-order valence-corrected chi connectivity index (χ4v) is 4.40. The number of aliphatic carboxylic acids is 1. The Bertz CT molecular complexity index is 395. The number of nitrogens with zero attached hydrogens (tertiary/aromatic N) is 1. The first-order chi connectivity index (χ1) is 9.06. The Kier molecular flexibility index (Phi) is 3.27. The van der Waals surface area contributed by atoms with Crippen molar-refractivity contribution >= 4 is 11.9 Å². The van der Waals surface area contributed by atoms with E-state index in [1.54, 1.807) is 4.90 Å². The summed E-state index contributed by atoms with van der Waals surface area (Å²) in [5.74, 6) is 1.09. The molecule has 3 rings (SSSR count). The van der Waals surface area contributed by atoms with Crippen molar-refractivity contribution in [2.75, 3.05) is 6.54 Å². The van der Waals surface area contributed by atoms with Gasteiger partial charge < -0.3 is 10.0 Å². The van der Waals surface area contributed by atoms with Crippen molar-refractivity contribution in [3.05, 3.63) is 0 Å². The molecule has 4 heteroatoms. The van der Waals surface area contributed by atoms with Gasteiger partial charge in [0.1, 0.15) is 6.04 Å². The predicted octanol–water partition coefficient (Wildman–Crippen LogP) is 2.13. The molecule has 2 aliphatic carbocycles. The summed E-state index contributed by atoms with van der Waals surface area (Å²) in [6.45, 7) is 2.71. The van der Waals surface area contributed by atoms with Gasteiger partial charge in [-0.2, -0.15) is 0 Å². The summed E-state index contributed by atoms with van der Waals surface area (Å²) < 4.78 is 0. The second-order valence-corrected chi connectivity index (χ2v) is 6.80.